The van der Waals surface area contributed by atoms with E-state index in [-0.39, 0.29) is 29.5 Å². The van der Waals surface area contributed by atoms with Gasteiger partial charge < -0.3 is 9.84 Å². The van der Waals surface area contributed by atoms with Crippen LogP contribution in [-0.4, -0.2) is 11.1 Å². The van der Waals surface area contributed by atoms with Gasteiger partial charge in [0, 0.05) is 22.2 Å². The molecule has 2 aromatic carbocycles. The molecule has 0 spiro atoms. The Kier molecular flexibility index (Phi) is 4.91. The lowest BCUT2D eigenvalue weighted by Gasteiger charge is -2.06. The second-order valence-corrected chi connectivity index (χ2v) is 5.61. The molecule has 1 aromatic heterocycles. The van der Waals surface area contributed by atoms with Gasteiger partial charge in [-0.05, 0) is 12.1 Å². The topological polar surface area (TPSA) is 55.1 Å². The Morgan fingerprint density at radius 2 is 1.96 bits per heavy atom. The van der Waals surface area contributed by atoms with Crippen molar-refractivity contribution in [1.82, 2.24) is 10.5 Å². The van der Waals surface area contributed by atoms with Gasteiger partial charge >= 0.3 is 0 Å². The third-order valence-corrected chi connectivity index (χ3v) is 3.84. The summed E-state index contributed by atoms with van der Waals surface area (Å²) in [5.41, 5.74) is 1.67. The number of aromatic nitrogens is 1. The molecule has 0 fully saturated rings. The monoisotopic (exact) mass is 344 g/mol. The molecule has 6 heteroatoms. The molecule has 4 nitrogen and oxygen atoms in total. The quantitative estimate of drug-likeness (QED) is 0.761. The smallest absolute Gasteiger partial charge is 0.224 e. The molecule has 1 heterocycles. The molecule has 1 amide bonds. The van der Waals surface area contributed by atoms with E-state index in [1.165, 1.54) is 12.1 Å². The van der Waals surface area contributed by atoms with Gasteiger partial charge in [-0.1, -0.05) is 53.2 Å². The number of nitrogens with one attached hydrogen (secondary N) is 1. The van der Waals surface area contributed by atoms with Crippen molar-refractivity contribution in [2.24, 2.45) is 0 Å². The Morgan fingerprint density at radius 3 is 2.71 bits per heavy atom. The lowest BCUT2D eigenvalue weighted by molar-refractivity contribution is -0.120. The number of halogens is 2. The molecular weight excluding hydrogens is 331 g/mol. The number of hydrogen-bond acceptors (Lipinski definition) is 3. The van der Waals surface area contributed by atoms with Gasteiger partial charge in [0.15, 0.2) is 5.76 Å². The summed E-state index contributed by atoms with van der Waals surface area (Å²) in [7, 11) is 0. The van der Waals surface area contributed by atoms with Crippen molar-refractivity contribution >= 4 is 17.5 Å². The molecule has 0 aliphatic heterocycles. The van der Waals surface area contributed by atoms with Crippen LogP contribution in [0.4, 0.5) is 4.39 Å². The molecule has 0 aliphatic rings. The molecule has 3 rings (SSSR count). The highest BCUT2D eigenvalue weighted by atomic mass is 35.5. The standard InChI is InChI=1S/C18H14ClFN2O2/c19-15-7-4-8-16(20)14(15)10-18(23)21-11-13-9-17(24-22-13)12-5-2-1-3-6-12/h1-9H,10-11H2,(H,21,23). The zero-order chi connectivity index (χ0) is 16.9. The fourth-order valence-corrected chi connectivity index (χ4v) is 2.48. The first-order valence-corrected chi connectivity index (χ1v) is 7.72. The van der Waals surface area contributed by atoms with Crippen molar-refractivity contribution in [2.75, 3.05) is 0 Å². The summed E-state index contributed by atoms with van der Waals surface area (Å²) in [6.45, 7) is 0.196. The van der Waals surface area contributed by atoms with E-state index in [0.29, 0.717) is 11.5 Å². The number of hydrogen-bond donors (Lipinski definition) is 1. The average molecular weight is 345 g/mol. The maximum Gasteiger partial charge on any atom is 0.224 e. The molecule has 24 heavy (non-hydrogen) atoms. The predicted octanol–water partition coefficient (Wildman–Crippen LogP) is 3.99. The predicted molar refractivity (Wildman–Crippen MR) is 88.9 cm³/mol. The Hall–Kier alpha value is -2.66. The van der Waals surface area contributed by atoms with Crippen LogP contribution in [0.3, 0.4) is 0 Å². The van der Waals surface area contributed by atoms with Crippen molar-refractivity contribution < 1.29 is 13.7 Å². The number of benzene rings is 2. The molecule has 3 aromatic rings. The first kappa shape index (κ1) is 16.2. The lowest BCUT2D eigenvalue weighted by atomic mass is 10.1. The normalized spacial score (nSPS) is 10.6. The summed E-state index contributed by atoms with van der Waals surface area (Å²) >= 11 is 5.91. The Labute approximate surface area is 143 Å². The van der Waals surface area contributed by atoms with Crippen molar-refractivity contribution in [2.45, 2.75) is 13.0 Å². The third-order valence-electron chi connectivity index (χ3n) is 3.48. The summed E-state index contributed by atoms with van der Waals surface area (Å²) in [5.74, 6) is -0.214. The van der Waals surface area contributed by atoms with Gasteiger partial charge in [0.25, 0.3) is 0 Å². The summed E-state index contributed by atoms with van der Waals surface area (Å²) < 4.78 is 18.9. The average Bonchev–Trinajstić information content (AvgIpc) is 3.06. The summed E-state index contributed by atoms with van der Waals surface area (Å²) in [6.07, 6.45) is -0.130. The van der Waals surface area contributed by atoms with Gasteiger partial charge in [-0.2, -0.15) is 0 Å². The maximum atomic E-state index is 13.7. The highest BCUT2D eigenvalue weighted by Crippen LogP contribution is 2.20. The highest BCUT2D eigenvalue weighted by molar-refractivity contribution is 6.31. The van der Waals surface area contributed by atoms with Gasteiger partial charge in [-0.3, -0.25) is 4.79 Å². The zero-order valence-corrected chi connectivity index (χ0v) is 13.4. The molecule has 0 radical (unpaired) electrons. The van der Waals surface area contributed by atoms with Crippen LogP contribution < -0.4 is 5.32 Å². The largest absolute Gasteiger partial charge is 0.356 e. The minimum absolute atomic E-state index is 0.130. The van der Waals surface area contributed by atoms with E-state index in [1.807, 2.05) is 30.3 Å². The van der Waals surface area contributed by atoms with E-state index in [9.17, 15) is 9.18 Å². The second kappa shape index (κ2) is 7.27. The van der Waals surface area contributed by atoms with Gasteiger partial charge in [-0.25, -0.2) is 4.39 Å². The van der Waals surface area contributed by atoms with Crippen LogP contribution >= 0.6 is 11.6 Å². The minimum atomic E-state index is -0.495. The fourth-order valence-electron chi connectivity index (χ4n) is 2.25. The second-order valence-electron chi connectivity index (χ2n) is 5.20. The van der Waals surface area contributed by atoms with Crippen molar-refractivity contribution in [3.8, 4) is 11.3 Å². The third kappa shape index (κ3) is 3.81. The van der Waals surface area contributed by atoms with Gasteiger partial charge in [0.1, 0.15) is 11.5 Å². The van der Waals surface area contributed by atoms with E-state index in [4.69, 9.17) is 16.1 Å². The van der Waals surface area contributed by atoms with Crippen LogP contribution in [0.25, 0.3) is 11.3 Å². The van der Waals surface area contributed by atoms with Crippen LogP contribution in [0.15, 0.2) is 59.1 Å². The van der Waals surface area contributed by atoms with Crippen LogP contribution in [0, 0.1) is 5.82 Å². The summed E-state index contributed by atoms with van der Waals surface area (Å²) in [6, 6.07) is 15.6. The molecule has 0 unspecified atom stereocenters. The first-order chi connectivity index (χ1) is 11.6. The Morgan fingerprint density at radius 1 is 1.17 bits per heavy atom. The number of nitrogens with zero attached hydrogens (tertiary/aromatic N) is 1. The summed E-state index contributed by atoms with van der Waals surface area (Å²) in [4.78, 5) is 12.0. The molecule has 0 atom stereocenters. The van der Waals surface area contributed by atoms with Crippen LogP contribution in [0.5, 0.6) is 0 Å². The van der Waals surface area contributed by atoms with Crippen molar-refractivity contribution in [1.29, 1.82) is 0 Å². The zero-order valence-electron chi connectivity index (χ0n) is 12.6. The Bertz CT molecular complexity index is 829. The van der Waals surface area contributed by atoms with E-state index < -0.39 is 5.82 Å². The van der Waals surface area contributed by atoms with E-state index in [0.717, 1.165) is 5.56 Å². The van der Waals surface area contributed by atoms with Crippen LogP contribution in [0.1, 0.15) is 11.3 Å². The van der Waals surface area contributed by atoms with Crippen molar-refractivity contribution in [3.63, 3.8) is 0 Å². The molecule has 1 N–H and O–H groups in total. The lowest BCUT2D eigenvalue weighted by Crippen LogP contribution is -2.25. The van der Waals surface area contributed by atoms with Crippen LogP contribution in [0.2, 0.25) is 5.02 Å². The molecule has 0 aliphatic carbocycles. The van der Waals surface area contributed by atoms with Gasteiger partial charge in [0.2, 0.25) is 5.91 Å². The Balaban J connectivity index is 1.60. The highest BCUT2D eigenvalue weighted by Gasteiger charge is 2.13. The maximum absolute atomic E-state index is 13.7. The molecular formula is C18H14ClFN2O2. The molecule has 0 saturated heterocycles. The molecule has 0 saturated carbocycles. The fraction of sp³-hybridized carbons (Fsp3) is 0.111. The van der Waals surface area contributed by atoms with Crippen LogP contribution in [-0.2, 0) is 17.8 Å². The van der Waals surface area contributed by atoms with E-state index in [2.05, 4.69) is 10.5 Å². The van der Waals surface area contributed by atoms with E-state index >= 15 is 0 Å². The number of carbonyl (C=O) groups is 1. The number of rotatable bonds is 5. The minimum Gasteiger partial charge on any atom is -0.356 e. The first-order valence-electron chi connectivity index (χ1n) is 7.34. The number of carbonyl (C=O) groups excluding carboxylic acids is 1. The molecule has 122 valence electrons. The van der Waals surface area contributed by atoms with Crippen molar-refractivity contribution in [3.05, 3.63) is 76.7 Å². The van der Waals surface area contributed by atoms with Gasteiger partial charge in [-0.15, -0.1) is 0 Å². The molecule has 0 bridgehead atoms. The summed E-state index contributed by atoms with van der Waals surface area (Å²) in [5, 5.41) is 6.83. The SMILES string of the molecule is O=C(Cc1c(F)cccc1Cl)NCc1cc(-c2ccccc2)on1. The van der Waals surface area contributed by atoms with Gasteiger partial charge in [0.05, 0.1) is 13.0 Å². The number of amides is 1. The van der Waals surface area contributed by atoms with E-state index in [1.54, 1.807) is 12.1 Å².